The van der Waals surface area contributed by atoms with E-state index in [1.807, 2.05) is 6.92 Å². The molecule has 0 bridgehead atoms. The molecule has 1 heterocycles. The van der Waals surface area contributed by atoms with Crippen LogP contribution in [0.5, 0.6) is 0 Å². The second-order valence-corrected chi connectivity index (χ2v) is 2.96. The molecule has 0 aromatic rings. The Kier molecular flexibility index (Phi) is 2.12. The first-order valence-corrected chi connectivity index (χ1v) is 3.67. The van der Waals surface area contributed by atoms with Crippen LogP contribution in [0.25, 0.3) is 0 Å². The highest BCUT2D eigenvalue weighted by Crippen LogP contribution is 2.21. The minimum Gasteiger partial charge on any atom is -0.368 e. The summed E-state index contributed by atoms with van der Waals surface area (Å²) in [5.41, 5.74) is 5.11. The lowest BCUT2D eigenvalue weighted by Crippen LogP contribution is -2.42. The molecule has 4 nitrogen and oxygen atoms in total. The fraction of sp³-hybridized carbons (Fsp3) is 0.714. The van der Waals surface area contributed by atoms with E-state index in [4.69, 9.17) is 5.73 Å². The zero-order chi connectivity index (χ0) is 8.43. The number of hydrogen-bond acceptors (Lipinski definition) is 2. The monoisotopic (exact) mass is 156 g/mol. The molecule has 2 atom stereocenters. The van der Waals surface area contributed by atoms with Gasteiger partial charge in [-0.2, -0.15) is 0 Å². The molecule has 0 aromatic heterocycles. The molecule has 1 rings (SSSR count). The van der Waals surface area contributed by atoms with Crippen LogP contribution in [0, 0.1) is 5.92 Å². The molecule has 2 N–H and O–H groups in total. The van der Waals surface area contributed by atoms with Gasteiger partial charge in [0.05, 0.1) is 0 Å². The highest BCUT2D eigenvalue weighted by Gasteiger charge is 2.34. The van der Waals surface area contributed by atoms with Gasteiger partial charge in [-0.1, -0.05) is 6.92 Å². The fourth-order valence-electron chi connectivity index (χ4n) is 1.54. The van der Waals surface area contributed by atoms with Crippen LogP contribution >= 0.6 is 0 Å². The fourth-order valence-corrected chi connectivity index (χ4v) is 1.54. The molecule has 1 aliphatic rings. The maximum atomic E-state index is 10.8. The normalized spacial score (nSPS) is 30.5. The predicted octanol–water partition coefficient (Wildman–Crippen LogP) is -0.662. The van der Waals surface area contributed by atoms with Crippen LogP contribution in [0.3, 0.4) is 0 Å². The van der Waals surface area contributed by atoms with Gasteiger partial charge >= 0.3 is 0 Å². The van der Waals surface area contributed by atoms with Gasteiger partial charge in [0.1, 0.15) is 6.04 Å². The van der Waals surface area contributed by atoms with Crippen molar-refractivity contribution in [2.24, 2.45) is 11.7 Å². The van der Waals surface area contributed by atoms with Gasteiger partial charge in [0.2, 0.25) is 12.3 Å². The predicted molar refractivity (Wildman–Crippen MR) is 39.5 cm³/mol. The van der Waals surface area contributed by atoms with E-state index >= 15 is 0 Å². The van der Waals surface area contributed by atoms with Gasteiger partial charge in [0.15, 0.2) is 0 Å². The summed E-state index contributed by atoms with van der Waals surface area (Å²) >= 11 is 0. The number of amides is 2. The highest BCUT2D eigenvalue weighted by atomic mass is 16.2. The molecule has 11 heavy (non-hydrogen) atoms. The Hall–Kier alpha value is -1.06. The average Bonchev–Trinajstić information content (AvgIpc) is 2.30. The van der Waals surface area contributed by atoms with E-state index in [0.29, 0.717) is 13.0 Å². The topological polar surface area (TPSA) is 63.4 Å². The van der Waals surface area contributed by atoms with Gasteiger partial charge in [0, 0.05) is 6.54 Å². The summed E-state index contributed by atoms with van der Waals surface area (Å²) in [6.45, 7) is 2.58. The Labute approximate surface area is 65.3 Å². The van der Waals surface area contributed by atoms with Crippen molar-refractivity contribution in [3.8, 4) is 0 Å². The maximum Gasteiger partial charge on any atom is 0.240 e. The molecule has 1 saturated heterocycles. The Morgan fingerprint density at radius 3 is 2.73 bits per heavy atom. The van der Waals surface area contributed by atoms with Gasteiger partial charge in [-0.25, -0.2) is 0 Å². The van der Waals surface area contributed by atoms with Gasteiger partial charge in [-0.3, -0.25) is 9.59 Å². The summed E-state index contributed by atoms with van der Waals surface area (Å²) in [4.78, 5) is 22.7. The molecule has 1 fully saturated rings. The molecule has 62 valence electrons. The minimum atomic E-state index is -0.401. The van der Waals surface area contributed by atoms with Crippen LogP contribution in [0.1, 0.15) is 13.3 Å². The molecule has 0 aliphatic carbocycles. The average molecular weight is 156 g/mol. The molecule has 0 spiro atoms. The second-order valence-electron chi connectivity index (χ2n) is 2.96. The van der Waals surface area contributed by atoms with Crippen LogP contribution in [0.15, 0.2) is 0 Å². The standard InChI is InChI=1S/C7H12N2O2/c1-5-2-3-9(4-10)6(5)7(8)11/h4-6H,2-3H2,1H3,(H2,8,11). The van der Waals surface area contributed by atoms with Crippen molar-refractivity contribution in [1.29, 1.82) is 0 Å². The van der Waals surface area contributed by atoms with Crippen LogP contribution in [-0.4, -0.2) is 29.8 Å². The minimum absolute atomic E-state index is 0.206. The van der Waals surface area contributed by atoms with Crippen molar-refractivity contribution in [3.05, 3.63) is 0 Å². The first-order valence-electron chi connectivity index (χ1n) is 3.67. The molecule has 0 radical (unpaired) electrons. The molecule has 2 amide bonds. The van der Waals surface area contributed by atoms with E-state index in [2.05, 4.69) is 0 Å². The number of carbonyl (C=O) groups excluding carboxylic acids is 2. The number of hydrogen-bond donors (Lipinski definition) is 1. The van der Waals surface area contributed by atoms with Gasteiger partial charge in [-0.05, 0) is 12.3 Å². The van der Waals surface area contributed by atoms with E-state index in [1.165, 1.54) is 4.90 Å². The summed E-state index contributed by atoms with van der Waals surface area (Å²) in [6, 6.07) is -0.382. The van der Waals surface area contributed by atoms with Crippen molar-refractivity contribution in [3.63, 3.8) is 0 Å². The number of primary amides is 1. The Morgan fingerprint density at radius 2 is 2.36 bits per heavy atom. The smallest absolute Gasteiger partial charge is 0.240 e. The quantitative estimate of drug-likeness (QED) is 0.539. The van der Waals surface area contributed by atoms with Gasteiger partial charge in [-0.15, -0.1) is 0 Å². The first kappa shape index (κ1) is 8.04. The summed E-state index contributed by atoms with van der Waals surface area (Å²) in [6.07, 6.45) is 1.56. The molecule has 0 aromatic carbocycles. The Bertz CT molecular complexity index is 181. The van der Waals surface area contributed by atoms with E-state index in [-0.39, 0.29) is 12.0 Å². The number of nitrogens with two attached hydrogens (primary N) is 1. The first-order chi connectivity index (χ1) is 5.16. The van der Waals surface area contributed by atoms with Crippen LogP contribution in [-0.2, 0) is 9.59 Å². The summed E-state index contributed by atoms with van der Waals surface area (Å²) in [7, 11) is 0. The van der Waals surface area contributed by atoms with Crippen LogP contribution < -0.4 is 5.73 Å². The van der Waals surface area contributed by atoms with Crippen molar-refractivity contribution in [2.45, 2.75) is 19.4 Å². The van der Waals surface area contributed by atoms with Crippen molar-refractivity contribution >= 4 is 12.3 Å². The number of carbonyl (C=O) groups is 2. The SMILES string of the molecule is CC1CCN(C=O)C1C(N)=O. The van der Waals surface area contributed by atoms with Crippen molar-refractivity contribution < 1.29 is 9.59 Å². The zero-order valence-electron chi connectivity index (χ0n) is 6.49. The van der Waals surface area contributed by atoms with Crippen LogP contribution in [0.4, 0.5) is 0 Å². The van der Waals surface area contributed by atoms with E-state index in [1.54, 1.807) is 0 Å². The Balaban J connectivity index is 2.70. The van der Waals surface area contributed by atoms with E-state index < -0.39 is 5.91 Å². The molecule has 0 saturated carbocycles. The Morgan fingerprint density at radius 1 is 1.73 bits per heavy atom. The lowest BCUT2D eigenvalue weighted by molar-refractivity contribution is -0.129. The maximum absolute atomic E-state index is 10.8. The summed E-state index contributed by atoms with van der Waals surface area (Å²) < 4.78 is 0. The molecular weight excluding hydrogens is 144 g/mol. The molecule has 2 unspecified atom stereocenters. The van der Waals surface area contributed by atoms with E-state index in [9.17, 15) is 9.59 Å². The highest BCUT2D eigenvalue weighted by molar-refractivity contribution is 5.82. The molecular formula is C7H12N2O2. The lowest BCUT2D eigenvalue weighted by atomic mass is 10.0. The van der Waals surface area contributed by atoms with Crippen molar-refractivity contribution in [2.75, 3.05) is 6.54 Å². The second kappa shape index (κ2) is 2.90. The number of likely N-dealkylation sites (tertiary alicyclic amines) is 1. The third-order valence-corrected chi connectivity index (χ3v) is 2.17. The third-order valence-electron chi connectivity index (χ3n) is 2.17. The third kappa shape index (κ3) is 1.34. The summed E-state index contributed by atoms with van der Waals surface area (Å²) in [5, 5.41) is 0. The van der Waals surface area contributed by atoms with Gasteiger partial charge < -0.3 is 10.6 Å². The number of rotatable bonds is 2. The lowest BCUT2D eigenvalue weighted by Gasteiger charge is -2.18. The van der Waals surface area contributed by atoms with E-state index in [0.717, 1.165) is 6.42 Å². The zero-order valence-corrected chi connectivity index (χ0v) is 6.49. The van der Waals surface area contributed by atoms with Crippen LogP contribution in [0.2, 0.25) is 0 Å². The molecule has 4 heteroatoms. The van der Waals surface area contributed by atoms with Gasteiger partial charge in [0.25, 0.3) is 0 Å². The number of nitrogens with zero attached hydrogens (tertiary/aromatic N) is 1. The largest absolute Gasteiger partial charge is 0.368 e. The van der Waals surface area contributed by atoms with Crippen molar-refractivity contribution in [1.82, 2.24) is 4.90 Å². The molecule has 1 aliphatic heterocycles. The summed E-state index contributed by atoms with van der Waals surface area (Å²) in [5.74, 6) is -0.195.